The van der Waals surface area contributed by atoms with Gasteiger partial charge in [-0.3, -0.25) is 0 Å². The minimum absolute atomic E-state index is 0.161. The Morgan fingerprint density at radius 1 is 0.577 bits per heavy atom. The van der Waals surface area contributed by atoms with E-state index in [2.05, 4.69) is 38.3 Å². The number of carboxylic acid groups (broad SMARTS) is 2. The highest BCUT2D eigenvalue weighted by atomic mass is 16.6. The standard InChI is InChI=1S/C21H22O5.C16H12O4.C4H6O2/c1-4-19(22)26-14-13-25-18-11-9-17(10-12-18)21(2,3)16-7-5-15(6-8-16)20(23)24;1-2-15(17)20-14-9-7-12(8-10-14)11-3-5-13(6-4-11)16(18)19;1-3-4(5)6-2/h4-12H,1,13-14H2,2-3H3,(H,23,24);2-10H,1H2,(H,18,19);3H,1H2,2H3. The van der Waals surface area contributed by atoms with Crippen molar-refractivity contribution >= 4 is 29.8 Å². The predicted molar refractivity (Wildman–Crippen MR) is 196 cm³/mol. The van der Waals surface area contributed by atoms with Crippen LogP contribution >= 0.6 is 0 Å². The molecule has 270 valence electrons. The van der Waals surface area contributed by atoms with E-state index in [1.165, 1.54) is 7.11 Å². The van der Waals surface area contributed by atoms with Crippen LogP contribution in [-0.4, -0.2) is 60.4 Å². The summed E-state index contributed by atoms with van der Waals surface area (Å²) in [5.74, 6) is -2.16. The Hall–Kier alpha value is -6.75. The Kier molecular flexibility index (Phi) is 16.5. The van der Waals surface area contributed by atoms with Crippen LogP contribution in [0.2, 0.25) is 0 Å². The van der Waals surface area contributed by atoms with Gasteiger partial charge in [0.25, 0.3) is 0 Å². The van der Waals surface area contributed by atoms with Crippen LogP contribution in [-0.2, 0) is 29.3 Å². The molecule has 0 amide bonds. The van der Waals surface area contributed by atoms with E-state index in [4.69, 9.17) is 24.4 Å². The molecule has 0 radical (unpaired) electrons. The smallest absolute Gasteiger partial charge is 0.335 e. The number of carboxylic acids is 2. The number of hydrogen-bond donors (Lipinski definition) is 2. The van der Waals surface area contributed by atoms with E-state index in [1.54, 1.807) is 60.7 Å². The summed E-state index contributed by atoms with van der Waals surface area (Å²) < 4.78 is 19.5. The number of rotatable bonds is 13. The number of aromatic carboxylic acids is 2. The number of carbonyl (C=O) groups is 5. The van der Waals surface area contributed by atoms with Crippen LogP contribution in [0, 0.1) is 0 Å². The second-order valence-corrected chi connectivity index (χ2v) is 11.0. The molecule has 4 rings (SSSR count). The Labute approximate surface area is 302 Å². The Balaban J connectivity index is 0.000000319. The third kappa shape index (κ3) is 13.3. The molecule has 2 N–H and O–H groups in total. The minimum Gasteiger partial charge on any atom is -0.490 e. The van der Waals surface area contributed by atoms with Gasteiger partial charge in [0.1, 0.15) is 24.7 Å². The van der Waals surface area contributed by atoms with Crippen molar-refractivity contribution in [1.29, 1.82) is 0 Å². The van der Waals surface area contributed by atoms with Gasteiger partial charge >= 0.3 is 29.8 Å². The summed E-state index contributed by atoms with van der Waals surface area (Å²) in [7, 11) is 1.31. The SMILES string of the molecule is C=CC(=O)OC.C=CC(=O)OCCOc1ccc(C(C)(C)c2ccc(C(=O)O)cc2)cc1.C=CC(=O)Oc1ccc(-c2ccc(C(=O)O)cc2)cc1. The molecule has 0 unspecified atom stereocenters. The van der Waals surface area contributed by atoms with E-state index in [1.807, 2.05) is 36.4 Å². The van der Waals surface area contributed by atoms with Crippen molar-refractivity contribution in [2.24, 2.45) is 0 Å². The lowest BCUT2D eigenvalue weighted by Crippen LogP contribution is -2.19. The second-order valence-electron chi connectivity index (χ2n) is 11.0. The van der Waals surface area contributed by atoms with Crippen molar-refractivity contribution in [2.75, 3.05) is 20.3 Å². The molecule has 0 atom stereocenters. The molecule has 0 bridgehead atoms. The molecular weight excluding hydrogens is 668 g/mol. The van der Waals surface area contributed by atoms with E-state index in [0.29, 0.717) is 11.5 Å². The van der Waals surface area contributed by atoms with E-state index >= 15 is 0 Å². The third-order valence-electron chi connectivity index (χ3n) is 7.27. The van der Waals surface area contributed by atoms with Crippen molar-refractivity contribution in [1.82, 2.24) is 0 Å². The fourth-order valence-corrected chi connectivity index (χ4v) is 4.29. The van der Waals surface area contributed by atoms with Gasteiger partial charge in [0.05, 0.1) is 18.2 Å². The van der Waals surface area contributed by atoms with Gasteiger partial charge in [-0.2, -0.15) is 0 Å². The summed E-state index contributed by atoms with van der Waals surface area (Å²) in [5, 5.41) is 17.8. The first-order valence-corrected chi connectivity index (χ1v) is 15.6. The van der Waals surface area contributed by atoms with Crippen molar-refractivity contribution in [3.8, 4) is 22.6 Å². The highest BCUT2D eigenvalue weighted by molar-refractivity contribution is 5.88. The predicted octanol–water partition coefficient (Wildman–Crippen LogP) is 7.31. The van der Waals surface area contributed by atoms with E-state index < -0.39 is 29.8 Å². The van der Waals surface area contributed by atoms with Crippen LogP contribution in [0.3, 0.4) is 0 Å². The van der Waals surface area contributed by atoms with Gasteiger partial charge in [-0.25, -0.2) is 24.0 Å². The number of methoxy groups -OCH3 is 1. The van der Waals surface area contributed by atoms with Crippen molar-refractivity contribution < 1.29 is 53.1 Å². The zero-order valence-corrected chi connectivity index (χ0v) is 29.1. The van der Waals surface area contributed by atoms with Gasteiger partial charge in [-0.1, -0.05) is 82.1 Å². The number of ether oxygens (including phenoxy) is 4. The zero-order valence-electron chi connectivity index (χ0n) is 29.1. The lowest BCUT2D eigenvalue weighted by molar-refractivity contribution is -0.138. The molecule has 0 aliphatic rings. The fourth-order valence-electron chi connectivity index (χ4n) is 4.29. The van der Waals surface area contributed by atoms with E-state index in [9.17, 15) is 24.0 Å². The third-order valence-corrected chi connectivity index (χ3v) is 7.27. The summed E-state index contributed by atoms with van der Waals surface area (Å²) in [5.41, 5.74) is 4.11. The number of hydrogen-bond acceptors (Lipinski definition) is 9. The zero-order chi connectivity index (χ0) is 38.7. The summed E-state index contributed by atoms with van der Waals surface area (Å²) >= 11 is 0. The van der Waals surface area contributed by atoms with Crippen LogP contribution < -0.4 is 9.47 Å². The molecule has 4 aromatic carbocycles. The van der Waals surface area contributed by atoms with Crippen molar-refractivity contribution in [2.45, 2.75) is 19.3 Å². The van der Waals surface area contributed by atoms with Crippen LogP contribution in [0.4, 0.5) is 0 Å². The topological polar surface area (TPSA) is 163 Å². The molecule has 0 fully saturated rings. The molecule has 4 aromatic rings. The van der Waals surface area contributed by atoms with Gasteiger partial charge in [-0.15, -0.1) is 0 Å². The first-order chi connectivity index (χ1) is 24.7. The molecular formula is C41H40O11. The normalized spacial score (nSPS) is 9.98. The lowest BCUT2D eigenvalue weighted by atomic mass is 9.78. The highest BCUT2D eigenvalue weighted by Crippen LogP contribution is 2.32. The summed E-state index contributed by atoms with van der Waals surface area (Å²) in [4.78, 5) is 53.6. The van der Waals surface area contributed by atoms with Crippen LogP contribution in [0.5, 0.6) is 11.5 Å². The first kappa shape index (κ1) is 41.4. The molecule has 0 spiro atoms. The van der Waals surface area contributed by atoms with E-state index in [0.717, 1.165) is 40.5 Å². The van der Waals surface area contributed by atoms with Gasteiger partial charge in [0, 0.05) is 23.6 Å². The first-order valence-electron chi connectivity index (χ1n) is 15.6. The van der Waals surface area contributed by atoms with Crippen LogP contribution in [0.25, 0.3) is 11.1 Å². The summed E-state index contributed by atoms with van der Waals surface area (Å²) in [6.45, 7) is 14.4. The number of esters is 3. The maximum absolute atomic E-state index is 11.0. The van der Waals surface area contributed by atoms with Crippen molar-refractivity contribution in [3.63, 3.8) is 0 Å². The van der Waals surface area contributed by atoms with Gasteiger partial charge in [-0.05, 0) is 70.8 Å². The Morgan fingerprint density at radius 3 is 1.38 bits per heavy atom. The maximum Gasteiger partial charge on any atom is 0.335 e. The monoisotopic (exact) mass is 708 g/mol. The Bertz CT molecular complexity index is 1840. The summed E-state index contributed by atoms with van der Waals surface area (Å²) in [6.07, 6.45) is 3.32. The average Bonchev–Trinajstić information content (AvgIpc) is 3.17. The largest absolute Gasteiger partial charge is 0.490 e. The molecule has 0 saturated carbocycles. The molecule has 0 aromatic heterocycles. The van der Waals surface area contributed by atoms with Crippen LogP contribution in [0.15, 0.2) is 135 Å². The van der Waals surface area contributed by atoms with Crippen molar-refractivity contribution in [3.05, 3.63) is 157 Å². The van der Waals surface area contributed by atoms with Gasteiger partial charge in [0.15, 0.2) is 0 Å². The molecule has 11 heteroatoms. The molecule has 11 nitrogen and oxygen atoms in total. The number of benzene rings is 4. The van der Waals surface area contributed by atoms with Crippen LogP contribution in [0.1, 0.15) is 45.7 Å². The average molecular weight is 709 g/mol. The fraction of sp³-hybridized carbons (Fsp3) is 0.146. The maximum atomic E-state index is 11.0. The van der Waals surface area contributed by atoms with Gasteiger partial charge in [0.2, 0.25) is 0 Å². The van der Waals surface area contributed by atoms with Gasteiger partial charge < -0.3 is 29.2 Å². The highest BCUT2D eigenvalue weighted by Gasteiger charge is 2.23. The lowest BCUT2D eigenvalue weighted by Gasteiger charge is -2.26. The molecule has 52 heavy (non-hydrogen) atoms. The summed E-state index contributed by atoms with van der Waals surface area (Å²) in [6, 6.07) is 28.0. The second kappa shape index (κ2) is 20.7. The molecule has 0 aliphatic carbocycles. The molecule has 0 aliphatic heterocycles. The number of carbonyl (C=O) groups excluding carboxylic acids is 3. The Morgan fingerprint density at radius 2 is 0.981 bits per heavy atom. The minimum atomic E-state index is -0.955. The quantitative estimate of drug-likeness (QED) is 0.0620. The molecule has 0 saturated heterocycles. The molecule has 0 heterocycles. The van der Waals surface area contributed by atoms with E-state index in [-0.39, 0.29) is 29.8 Å².